The summed E-state index contributed by atoms with van der Waals surface area (Å²) in [6.07, 6.45) is 5.91. The maximum atomic E-state index is 14.7. The smallest absolute Gasteiger partial charge is 0.278 e. The van der Waals surface area contributed by atoms with E-state index in [1.807, 2.05) is 31.2 Å². The summed E-state index contributed by atoms with van der Waals surface area (Å²) in [4.78, 5) is 27.4. The first-order valence-corrected chi connectivity index (χ1v) is 12.9. The lowest BCUT2D eigenvalue weighted by Crippen LogP contribution is -2.50. The number of thioether (sulfide) groups is 1. The Morgan fingerprint density at radius 1 is 1.22 bits per heavy atom. The lowest BCUT2D eigenvalue weighted by atomic mass is 9.99. The molecule has 0 fully saturated rings. The second-order valence-electron chi connectivity index (χ2n) is 8.75. The number of carbonyl (C=O) groups excluding carboxylic acids is 1. The summed E-state index contributed by atoms with van der Waals surface area (Å²) >= 11 is 1.47. The van der Waals surface area contributed by atoms with Crippen LogP contribution in [-0.2, 0) is 12.2 Å². The molecule has 0 unspecified atom stereocenters. The molecule has 0 saturated carbocycles. The number of aromatic hydroxyl groups is 1. The van der Waals surface area contributed by atoms with Crippen molar-refractivity contribution in [3.05, 3.63) is 99.0 Å². The Morgan fingerprint density at radius 3 is 2.84 bits per heavy atom. The van der Waals surface area contributed by atoms with Crippen molar-refractivity contribution >= 4 is 17.7 Å². The van der Waals surface area contributed by atoms with Crippen LogP contribution in [0.3, 0.4) is 0 Å². The van der Waals surface area contributed by atoms with Crippen LogP contribution in [0.25, 0.3) is 0 Å². The van der Waals surface area contributed by atoms with Gasteiger partial charge >= 0.3 is 0 Å². The zero-order chi connectivity index (χ0) is 26.1. The van der Waals surface area contributed by atoms with Gasteiger partial charge in [-0.2, -0.15) is 0 Å². The van der Waals surface area contributed by atoms with Gasteiger partial charge in [0.2, 0.25) is 5.43 Å². The Hall–Kier alpha value is -3.79. The van der Waals surface area contributed by atoms with Crippen molar-refractivity contribution < 1.29 is 23.4 Å². The standard InChI is InChI=1S/C27H25F2N3O4S/c1-2-17(31-15-30-32-10-9-21(33)26(34)25(32)27(31)35)7-5-11-36-22-13-20(28)24(29)19-14-37-23-8-4-3-6-16(23)12-18(19)22/h3-10,13,17,30,34H,2,11-12,14-15H2,1H3/b7-5+/t17-/m1/s1. The molecule has 2 N–H and O–H groups in total. The zero-order valence-corrected chi connectivity index (χ0v) is 20.9. The molecule has 37 heavy (non-hydrogen) atoms. The van der Waals surface area contributed by atoms with E-state index in [0.717, 1.165) is 16.5 Å². The molecule has 0 spiro atoms. The molecule has 10 heteroatoms. The zero-order valence-electron chi connectivity index (χ0n) is 20.0. The number of benzene rings is 2. The fraction of sp³-hybridized carbons (Fsp3) is 0.259. The van der Waals surface area contributed by atoms with Gasteiger partial charge in [-0.15, -0.1) is 11.8 Å². The molecule has 2 aromatic carbocycles. The van der Waals surface area contributed by atoms with Crippen molar-refractivity contribution in [2.75, 3.05) is 18.7 Å². The number of pyridine rings is 1. The molecule has 0 saturated heterocycles. The van der Waals surface area contributed by atoms with E-state index >= 15 is 0 Å². The first kappa shape index (κ1) is 24.9. The number of carbonyl (C=O) groups is 1. The predicted molar refractivity (Wildman–Crippen MR) is 137 cm³/mol. The Balaban J connectivity index is 1.33. The molecule has 3 aromatic rings. The Labute approximate surface area is 216 Å². The Morgan fingerprint density at radius 2 is 2.03 bits per heavy atom. The largest absolute Gasteiger partial charge is 0.502 e. The monoisotopic (exact) mass is 525 g/mol. The second kappa shape index (κ2) is 10.3. The van der Waals surface area contributed by atoms with Gasteiger partial charge in [-0.3, -0.25) is 14.3 Å². The van der Waals surface area contributed by atoms with Crippen LogP contribution in [-0.4, -0.2) is 39.9 Å². The molecule has 5 rings (SSSR count). The van der Waals surface area contributed by atoms with Crippen molar-refractivity contribution in [1.29, 1.82) is 0 Å². The number of halogens is 2. The maximum Gasteiger partial charge on any atom is 0.278 e. The molecule has 3 heterocycles. The SMILES string of the molecule is CC[C@H](/C=C/COc1cc(F)c(F)c2c1Cc1ccccc1SC2)N1CNn2ccc(=O)c(O)c2C1=O. The summed E-state index contributed by atoms with van der Waals surface area (Å²) in [6, 6.07) is 9.71. The molecule has 0 aliphatic carbocycles. The van der Waals surface area contributed by atoms with Crippen molar-refractivity contribution in [2.45, 2.75) is 36.5 Å². The van der Waals surface area contributed by atoms with E-state index < -0.39 is 28.7 Å². The summed E-state index contributed by atoms with van der Waals surface area (Å²) in [6.45, 7) is 2.16. The third-order valence-electron chi connectivity index (χ3n) is 6.57. The Kier molecular flexibility index (Phi) is 6.92. The number of amides is 1. The van der Waals surface area contributed by atoms with Gasteiger partial charge in [0.15, 0.2) is 23.1 Å². The molecule has 7 nitrogen and oxygen atoms in total. The first-order valence-electron chi connectivity index (χ1n) is 11.9. The van der Waals surface area contributed by atoms with Crippen molar-refractivity contribution in [3.8, 4) is 11.5 Å². The quantitative estimate of drug-likeness (QED) is 0.465. The fourth-order valence-corrected chi connectivity index (χ4v) is 5.70. The average molecular weight is 526 g/mol. The normalized spacial score (nSPS) is 15.4. The minimum absolute atomic E-state index is 0.0829. The number of hydrogen-bond acceptors (Lipinski definition) is 6. The lowest BCUT2D eigenvalue weighted by Gasteiger charge is -2.35. The molecule has 192 valence electrons. The number of aromatic nitrogens is 1. The molecule has 2 aliphatic heterocycles. The molecule has 2 aliphatic rings. The number of nitrogens with zero attached hydrogens (tertiary/aromatic N) is 2. The van der Waals surface area contributed by atoms with Crippen LogP contribution in [0.2, 0.25) is 0 Å². The molecule has 1 amide bonds. The van der Waals surface area contributed by atoms with Crippen LogP contribution in [0.15, 0.2) is 64.4 Å². The van der Waals surface area contributed by atoms with Crippen LogP contribution in [0.4, 0.5) is 8.78 Å². The highest BCUT2D eigenvalue weighted by Crippen LogP contribution is 2.39. The van der Waals surface area contributed by atoms with E-state index in [2.05, 4.69) is 5.43 Å². The second-order valence-corrected chi connectivity index (χ2v) is 9.77. The molecular formula is C27H25F2N3O4S. The summed E-state index contributed by atoms with van der Waals surface area (Å²) < 4.78 is 36.3. The van der Waals surface area contributed by atoms with Gasteiger partial charge < -0.3 is 20.2 Å². The van der Waals surface area contributed by atoms with E-state index in [1.54, 1.807) is 12.2 Å². The highest BCUT2D eigenvalue weighted by molar-refractivity contribution is 7.98. The van der Waals surface area contributed by atoms with Crippen molar-refractivity contribution in [2.24, 2.45) is 0 Å². The van der Waals surface area contributed by atoms with Crippen LogP contribution in [0, 0.1) is 11.6 Å². The predicted octanol–water partition coefficient (Wildman–Crippen LogP) is 4.40. The van der Waals surface area contributed by atoms with Gasteiger partial charge in [-0.25, -0.2) is 8.78 Å². The maximum absolute atomic E-state index is 14.7. The Bertz CT molecular complexity index is 1460. The van der Waals surface area contributed by atoms with E-state index in [0.29, 0.717) is 29.7 Å². The lowest BCUT2D eigenvalue weighted by molar-refractivity contribution is 0.0674. The van der Waals surface area contributed by atoms with Crippen LogP contribution < -0.4 is 15.6 Å². The number of ether oxygens (including phenoxy) is 1. The van der Waals surface area contributed by atoms with Gasteiger partial charge in [0.25, 0.3) is 5.91 Å². The molecular weight excluding hydrogens is 500 g/mol. The molecule has 0 bridgehead atoms. The van der Waals surface area contributed by atoms with E-state index in [4.69, 9.17) is 4.74 Å². The first-order chi connectivity index (χ1) is 17.9. The van der Waals surface area contributed by atoms with Gasteiger partial charge in [0.1, 0.15) is 19.0 Å². The average Bonchev–Trinajstić information content (AvgIpc) is 3.10. The topological polar surface area (TPSA) is 83.8 Å². The van der Waals surface area contributed by atoms with E-state index in [9.17, 15) is 23.5 Å². The van der Waals surface area contributed by atoms with Gasteiger partial charge in [0.05, 0.1) is 6.04 Å². The molecule has 1 atom stereocenters. The highest BCUT2D eigenvalue weighted by Gasteiger charge is 2.31. The number of nitrogens with one attached hydrogen (secondary N) is 1. The minimum Gasteiger partial charge on any atom is -0.502 e. The van der Waals surface area contributed by atoms with E-state index in [1.165, 1.54) is 33.6 Å². The summed E-state index contributed by atoms with van der Waals surface area (Å²) in [7, 11) is 0. The number of fused-ring (bicyclic) bond motifs is 3. The third-order valence-corrected chi connectivity index (χ3v) is 7.71. The van der Waals surface area contributed by atoms with Gasteiger partial charge in [0, 0.05) is 46.5 Å². The summed E-state index contributed by atoms with van der Waals surface area (Å²) in [5.41, 5.74) is 4.20. The third kappa shape index (κ3) is 4.69. The summed E-state index contributed by atoms with van der Waals surface area (Å²) in [5, 5.41) is 10.1. The van der Waals surface area contributed by atoms with Crippen molar-refractivity contribution in [1.82, 2.24) is 9.58 Å². The fourth-order valence-electron chi connectivity index (χ4n) is 4.60. The number of rotatable bonds is 6. The van der Waals surface area contributed by atoms with E-state index in [-0.39, 0.29) is 30.8 Å². The highest BCUT2D eigenvalue weighted by atomic mass is 32.2. The summed E-state index contributed by atoms with van der Waals surface area (Å²) in [5.74, 6) is -2.28. The molecule has 1 aromatic heterocycles. The van der Waals surface area contributed by atoms with Crippen LogP contribution in [0.5, 0.6) is 11.5 Å². The van der Waals surface area contributed by atoms with Gasteiger partial charge in [-0.1, -0.05) is 31.2 Å². The number of hydrogen-bond donors (Lipinski definition) is 2. The minimum atomic E-state index is -0.950. The van der Waals surface area contributed by atoms with Gasteiger partial charge in [-0.05, 0) is 24.1 Å². The van der Waals surface area contributed by atoms with Crippen molar-refractivity contribution in [3.63, 3.8) is 0 Å². The molecule has 0 radical (unpaired) electrons. The van der Waals surface area contributed by atoms with Crippen LogP contribution >= 0.6 is 11.8 Å². The van der Waals surface area contributed by atoms with Crippen LogP contribution in [0.1, 0.15) is 40.5 Å².